The molecule has 0 fully saturated rings. The van der Waals surface area contributed by atoms with Crippen molar-refractivity contribution in [2.45, 2.75) is 25.1 Å². The van der Waals surface area contributed by atoms with Gasteiger partial charge in [0.05, 0.1) is 5.69 Å². The van der Waals surface area contributed by atoms with E-state index in [0.29, 0.717) is 10.2 Å². The lowest BCUT2D eigenvalue weighted by Crippen LogP contribution is -2.14. The smallest absolute Gasteiger partial charge is 0.269 e. The molecule has 0 bridgehead atoms. The summed E-state index contributed by atoms with van der Waals surface area (Å²) in [4.78, 5) is 12.9. The molecule has 1 aromatic carbocycles. The first kappa shape index (κ1) is 14.1. The van der Waals surface area contributed by atoms with Gasteiger partial charge in [-0.1, -0.05) is 52.5 Å². The molecule has 19 heavy (non-hydrogen) atoms. The van der Waals surface area contributed by atoms with Gasteiger partial charge >= 0.3 is 0 Å². The Balaban J connectivity index is 2.23. The number of anilines is 1. The van der Waals surface area contributed by atoms with Crippen LogP contribution in [0, 0.1) is 0 Å². The highest BCUT2D eigenvalue weighted by Crippen LogP contribution is 2.23. The third-order valence-corrected chi connectivity index (χ3v) is 4.02. The Morgan fingerprint density at radius 1 is 1.42 bits per heavy atom. The van der Waals surface area contributed by atoms with Crippen LogP contribution >= 0.6 is 27.5 Å². The molecule has 100 valence electrons. The highest BCUT2D eigenvalue weighted by molar-refractivity contribution is 9.08. The predicted molar refractivity (Wildman–Crippen MR) is 81.0 cm³/mol. The molecule has 4 nitrogen and oxygen atoms in total. The van der Waals surface area contributed by atoms with Gasteiger partial charge in [0.25, 0.3) is 5.91 Å². The normalized spacial score (nSPS) is 10.7. The molecule has 0 unspecified atom stereocenters. The maximum atomic E-state index is 12.3. The molecule has 2 aromatic rings. The number of alkyl halides is 1. The monoisotopic (exact) mass is 339 g/mol. The van der Waals surface area contributed by atoms with Crippen LogP contribution in [0.1, 0.15) is 40.7 Å². The number of rotatable bonds is 4. The molecule has 0 aliphatic heterocycles. The summed E-state index contributed by atoms with van der Waals surface area (Å²) in [5.74, 6) is 0.0398. The minimum absolute atomic E-state index is 0.146. The quantitative estimate of drug-likeness (QED) is 0.861. The summed E-state index contributed by atoms with van der Waals surface area (Å²) in [6.45, 7) is 4.00. The Kier molecular flexibility index (Phi) is 4.66. The molecule has 1 heterocycles. The van der Waals surface area contributed by atoms with Gasteiger partial charge < -0.3 is 5.32 Å². The zero-order chi connectivity index (χ0) is 13.8. The molecular weight excluding hydrogens is 326 g/mol. The molecule has 0 spiro atoms. The number of aromatic nitrogens is 2. The highest BCUT2D eigenvalue weighted by atomic mass is 79.9. The van der Waals surface area contributed by atoms with Crippen LogP contribution in [0.5, 0.6) is 0 Å². The summed E-state index contributed by atoms with van der Waals surface area (Å²) in [6, 6.07) is 7.70. The zero-order valence-corrected chi connectivity index (χ0v) is 13.1. The number of carbonyl (C=O) groups is 1. The zero-order valence-electron chi connectivity index (χ0n) is 10.7. The number of halogens is 1. The lowest BCUT2D eigenvalue weighted by atomic mass is 10.1. The van der Waals surface area contributed by atoms with E-state index in [1.54, 1.807) is 0 Å². The average molecular weight is 340 g/mol. The molecule has 1 amide bonds. The number of hydrogen-bond donors (Lipinski definition) is 1. The van der Waals surface area contributed by atoms with Gasteiger partial charge in [0.1, 0.15) is 4.88 Å². The Morgan fingerprint density at radius 3 is 2.84 bits per heavy atom. The molecule has 0 saturated carbocycles. The van der Waals surface area contributed by atoms with Crippen molar-refractivity contribution in [2.75, 3.05) is 5.32 Å². The summed E-state index contributed by atoms with van der Waals surface area (Å²) in [6.07, 6.45) is 0. The van der Waals surface area contributed by atoms with Crippen LogP contribution in [0.2, 0.25) is 0 Å². The van der Waals surface area contributed by atoms with E-state index in [4.69, 9.17) is 0 Å². The van der Waals surface area contributed by atoms with E-state index in [-0.39, 0.29) is 11.8 Å². The van der Waals surface area contributed by atoms with Crippen LogP contribution in [-0.4, -0.2) is 15.5 Å². The SMILES string of the molecule is CC(C)c1nnsc1C(=O)Nc1ccccc1CBr. The maximum Gasteiger partial charge on any atom is 0.269 e. The Morgan fingerprint density at radius 2 is 2.16 bits per heavy atom. The van der Waals surface area contributed by atoms with E-state index in [1.807, 2.05) is 38.1 Å². The number of benzene rings is 1. The number of nitrogens with one attached hydrogen (secondary N) is 1. The number of nitrogens with zero attached hydrogens (tertiary/aromatic N) is 2. The van der Waals surface area contributed by atoms with Gasteiger partial charge in [-0.05, 0) is 29.1 Å². The van der Waals surface area contributed by atoms with Crippen molar-refractivity contribution in [3.63, 3.8) is 0 Å². The summed E-state index contributed by atoms with van der Waals surface area (Å²) in [5.41, 5.74) is 2.60. The fourth-order valence-corrected chi connectivity index (χ4v) is 2.87. The average Bonchev–Trinajstić information content (AvgIpc) is 2.88. The Bertz CT molecular complexity index is 583. The fourth-order valence-electron chi connectivity index (χ4n) is 1.67. The number of para-hydroxylation sites is 1. The van der Waals surface area contributed by atoms with Gasteiger partial charge in [-0.3, -0.25) is 4.79 Å². The summed E-state index contributed by atoms with van der Waals surface area (Å²) >= 11 is 4.55. The second kappa shape index (κ2) is 6.25. The van der Waals surface area contributed by atoms with Crippen LogP contribution in [0.15, 0.2) is 24.3 Å². The van der Waals surface area contributed by atoms with Crippen LogP contribution in [0.25, 0.3) is 0 Å². The summed E-state index contributed by atoms with van der Waals surface area (Å²) in [5, 5.41) is 7.64. The molecule has 0 radical (unpaired) electrons. The molecule has 0 aliphatic carbocycles. The Labute approximate surface area is 124 Å². The highest BCUT2D eigenvalue weighted by Gasteiger charge is 2.19. The number of amides is 1. The van der Waals surface area contributed by atoms with E-state index in [9.17, 15) is 4.79 Å². The van der Waals surface area contributed by atoms with E-state index in [1.165, 1.54) is 0 Å². The van der Waals surface area contributed by atoms with Crippen LogP contribution in [0.4, 0.5) is 5.69 Å². The van der Waals surface area contributed by atoms with Crippen LogP contribution in [0.3, 0.4) is 0 Å². The number of hydrogen-bond acceptors (Lipinski definition) is 4. The molecule has 6 heteroatoms. The van der Waals surface area contributed by atoms with E-state index in [0.717, 1.165) is 28.5 Å². The fraction of sp³-hybridized carbons (Fsp3) is 0.308. The van der Waals surface area contributed by atoms with Gasteiger partial charge in [-0.25, -0.2) is 0 Å². The second-order valence-electron chi connectivity index (χ2n) is 4.39. The third-order valence-electron chi connectivity index (χ3n) is 2.68. The van der Waals surface area contributed by atoms with Crippen molar-refractivity contribution in [1.29, 1.82) is 0 Å². The third kappa shape index (κ3) is 3.19. The van der Waals surface area contributed by atoms with Gasteiger partial charge in [-0.15, -0.1) is 5.10 Å². The molecule has 0 aliphatic rings. The van der Waals surface area contributed by atoms with Crippen molar-refractivity contribution in [3.05, 3.63) is 40.4 Å². The first-order valence-electron chi connectivity index (χ1n) is 5.91. The van der Waals surface area contributed by atoms with Gasteiger partial charge in [0.15, 0.2) is 0 Å². The summed E-state index contributed by atoms with van der Waals surface area (Å²) < 4.78 is 3.87. The predicted octanol–water partition coefficient (Wildman–Crippen LogP) is 3.81. The molecule has 2 rings (SSSR count). The van der Waals surface area contributed by atoms with Crippen molar-refractivity contribution < 1.29 is 4.79 Å². The maximum absolute atomic E-state index is 12.3. The van der Waals surface area contributed by atoms with E-state index >= 15 is 0 Å². The summed E-state index contributed by atoms with van der Waals surface area (Å²) in [7, 11) is 0. The van der Waals surface area contributed by atoms with Gasteiger partial charge in [-0.2, -0.15) is 0 Å². The second-order valence-corrected chi connectivity index (χ2v) is 5.70. The van der Waals surface area contributed by atoms with Crippen molar-refractivity contribution in [2.24, 2.45) is 0 Å². The van der Waals surface area contributed by atoms with Gasteiger partial charge in [0, 0.05) is 11.0 Å². The van der Waals surface area contributed by atoms with Crippen molar-refractivity contribution >= 4 is 39.1 Å². The van der Waals surface area contributed by atoms with Crippen LogP contribution in [-0.2, 0) is 5.33 Å². The van der Waals surface area contributed by atoms with Crippen molar-refractivity contribution in [1.82, 2.24) is 9.59 Å². The Hall–Kier alpha value is -1.27. The number of carbonyl (C=O) groups excluding carboxylic acids is 1. The first-order chi connectivity index (χ1) is 9.13. The molecule has 1 N–H and O–H groups in total. The lowest BCUT2D eigenvalue weighted by Gasteiger charge is -2.09. The standard InChI is InChI=1S/C13H14BrN3OS/c1-8(2)11-12(19-17-16-11)13(18)15-10-6-4-3-5-9(10)7-14/h3-6,8H,7H2,1-2H3,(H,15,18). The molecule has 1 aromatic heterocycles. The largest absolute Gasteiger partial charge is 0.321 e. The topological polar surface area (TPSA) is 54.9 Å². The van der Waals surface area contributed by atoms with Crippen LogP contribution < -0.4 is 5.32 Å². The minimum Gasteiger partial charge on any atom is -0.321 e. The van der Waals surface area contributed by atoms with E-state index in [2.05, 4.69) is 30.8 Å². The van der Waals surface area contributed by atoms with E-state index < -0.39 is 0 Å². The van der Waals surface area contributed by atoms with Crippen molar-refractivity contribution in [3.8, 4) is 0 Å². The minimum atomic E-state index is -0.146. The molecule has 0 saturated heterocycles. The van der Waals surface area contributed by atoms with Gasteiger partial charge in [0.2, 0.25) is 0 Å². The molecule has 0 atom stereocenters. The lowest BCUT2D eigenvalue weighted by molar-refractivity contribution is 0.102. The molecular formula is C13H14BrN3OS. The first-order valence-corrected chi connectivity index (χ1v) is 7.80.